The molecule has 0 bridgehead atoms. The largest absolute Gasteiger partial charge is 0.481 e. The molecule has 0 radical (unpaired) electrons. The SMILES string of the molecule is CCNC1(C#N)CC(C(=O)O)C1. The van der Waals surface area contributed by atoms with Crippen molar-refractivity contribution < 1.29 is 9.90 Å². The van der Waals surface area contributed by atoms with Crippen LogP contribution in [0.1, 0.15) is 19.8 Å². The molecule has 0 aliphatic heterocycles. The number of carboxylic acid groups (broad SMARTS) is 1. The first-order valence-electron chi connectivity index (χ1n) is 4.02. The number of carbonyl (C=O) groups is 1. The Morgan fingerprint density at radius 2 is 2.42 bits per heavy atom. The highest BCUT2D eigenvalue weighted by atomic mass is 16.4. The van der Waals surface area contributed by atoms with Crippen molar-refractivity contribution in [3.05, 3.63) is 0 Å². The fourth-order valence-electron chi connectivity index (χ4n) is 1.57. The number of aliphatic carboxylic acids is 1. The van der Waals surface area contributed by atoms with Crippen molar-refractivity contribution in [1.82, 2.24) is 5.32 Å². The minimum atomic E-state index is -0.793. The van der Waals surface area contributed by atoms with Gasteiger partial charge < -0.3 is 5.11 Å². The molecule has 1 aliphatic carbocycles. The van der Waals surface area contributed by atoms with Crippen molar-refractivity contribution in [2.45, 2.75) is 25.3 Å². The number of hydrogen-bond acceptors (Lipinski definition) is 3. The van der Waals surface area contributed by atoms with E-state index in [0.29, 0.717) is 19.4 Å². The Labute approximate surface area is 71.2 Å². The number of carboxylic acids is 1. The molecule has 4 heteroatoms. The van der Waals surface area contributed by atoms with E-state index in [0.717, 1.165) is 0 Å². The lowest BCUT2D eigenvalue weighted by molar-refractivity contribution is -0.146. The molecule has 0 atom stereocenters. The van der Waals surface area contributed by atoms with E-state index in [4.69, 9.17) is 10.4 Å². The van der Waals surface area contributed by atoms with Crippen LogP contribution < -0.4 is 5.32 Å². The Balaban J connectivity index is 2.47. The average molecular weight is 168 g/mol. The van der Waals surface area contributed by atoms with Gasteiger partial charge in [-0.2, -0.15) is 5.26 Å². The van der Waals surface area contributed by atoms with E-state index < -0.39 is 11.5 Å². The van der Waals surface area contributed by atoms with Crippen LogP contribution in [-0.2, 0) is 4.79 Å². The van der Waals surface area contributed by atoms with Gasteiger partial charge in [-0.1, -0.05) is 6.92 Å². The summed E-state index contributed by atoms with van der Waals surface area (Å²) >= 11 is 0. The standard InChI is InChI=1S/C8H12N2O2/c1-2-10-8(5-9)3-6(4-8)7(11)12/h6,10H,2-4H2,1H3,(H,11,12). The number of nitriles is 1. The van der Waals surface area contributed by atoms with Crippen LogP contribution in [-0.4, -0.2) is 23.2 Å². The summed E-state index contributed by atoms with van der Waals surface area (Å²) in [5.74, 6) is -1.12. The van der Waals surface area contributed by atoms with Gasteiger partial charge in [0.25, 0.3) is 0 Å². The molecule has 66 valence electrons. The molecule has 0 aromatic carbocycles. The first-order chi connectivity index (χ1) is 5.63. The minimum Gasteiger partial charge on any atom is -0.481 e. The van der Waals surface area contributed by atoms with E-state index in [1.807, 2.05) is 6.92 Å². The molecule has 0 spiro atoms. The molecular formula is C8H12N2O2. The zero-order valence-electron chi connectivity index (χ0n) is 7.00. The third-order valence-electron chi connectivity index (χ3n) is 2.27. The molecule has 0 amide bonds. The fraction of sp³-hybridized carbons (Fsp3) is 0.750. The third kappa shape index (κ3) is 1.41. The molecule has 1 rings (SSSR count). The van der Waals surface area contributed by atoms with Crippen LogP contribution >= 0.6 is 0 Å². The van der Waals surface area contributed by atoms with Gasteiger partial charge in [-0.15, -0.1) is 0 Å². The van der Waals surface area contributed by atoms with Gasteiger partial charge in [-0.05, 0) is 19.4 Å². The lowest BCUT2D eigenvalue weighted by atomic mass is 9.69. The summed E-state index contributed by atoms with van der Waals surface area (Å²) in [5.41, 5.74) is -0.558. The molecule has 0 heterocycles. The topological polar surface area (TPSA) is 73.1 Å². The fourth-order valence-corrected chi connectivity index (χ4v) is 1.57. The Morgan fingerprint density at radius 1 is 1.83 bits per heavy atom. The number of nitrogens with one attached hydrogen (secondary N) is 1. The second kappa shape index (κ2) is 3.11. The van der Waals surface area contributed by atoms with E-state index in [-0.39, 0.29) is 5.92 Å². The Bertz CT molecular complexity index is 226. The molecule has 0 aromatic heterocycles. The van der Waals surface area contributed by atoms with E-state index in [9.17, 15) is 4.79 Å². The van der Waals surface area contributed by atoms with Gasteiger partial charge in [0, 0.05) is 0 Å². The maximum atomic E-state index is 10.5. The monoisotopic (exact) mass is 168 g/mol. The molecule has 1 aliphatic rings. The van der Waals surface area contributed by atoms with Crippen molar-refractivity contribution in [2.24, 2.45) is 5.92 Å². The molecule has 1 fully saturated rings. The van der Waals surface area contributed by atoms with Crippen molar-refractivity contribution in [3.63, 3.8) is 0 Å². The summed E-state index contributed by atoms with van der Waals surface area (Å²) in [6.07, 6.45) is 0.874. The normalized spacial score (nSPS) is 33.5. The zero-order chi connectivity index (χ0) is 9.19. The molecular weight excluding hydrogens is 156 g/mol. The van der Waals surface area contributed by atoms with E-state index in [1.54, 1.807) is 0 Å². The van der Waals surface area contributed by atoms with Crippen LogP contribution in [0.2, 0.25) is 0 Å². The Kier molecular flexibility index (Phi) is 2.34. The summed E-state index contributed by atoms with van der Waals surface area (Å²) in [6, 6.07) is 2.13. The quantitative estimate of drug-likeness (QED) is 0.637. The summed E-state index contributed by atoms with van der Waals surface area (Å²) < 4.78 is 0. The summed E-state index contributed by atoms with van der Waals surface area (Å²) in [7, 11) is 0. The molecule has 0 saturated heterocycles. The first kappa shape index (κ1) is 9.01. The first-order valence-corrected chi connectivity index (χ1v) is 4.02. The van der Waals surface area contributed by atoms with Gasteiger partial charge in [-0.3, -0.25) is 10.1 Å². The Morgan fingerprint density at radius 3 is 2.75 bits per heavy atom. The van der Waals surface area contributed by atoms with Gasteiger partial charge in [-0.25, -0.2) is 0 Å². The predicted molar refractivity (Wildman–Crippen MR) is 42.4 cm³/mol. The van der Waals surface area contributed by atoms with E-state index in [1.165, 1.54) is 0 Å². The zero-order valence-corrected chi connectivity index (χ0v) is 7.00. The van der Waals surface area contributed by atoms with Crippen LogP contribution in [0.25, 0.3) is 0 Å². The molecule has 4 nitrogen and oxygen atoms in total. The minimum absolute atomic E-state index is 0.330. The summed E-state index contributed by atoms with van der Waals surface area (Å²) in [5, 5.41) is 20.4. The third-order valence-corrected chi connectivity index (χ3v) is 2.27. The highest BCUT2D eigenvalue weighted by molar-refractivity contribution is 5.72. The van der Waals surface area contributed by atoms with Crippen molar-refractivity contribution in [2.75, 3.05) is 6.54 Å². The molecule has 2 N–H and O–H groups in total. The summed E-state index contributed by atoms with van der Waals surface area (Å²) in [6.45, 7) is 2.62. The van der Waals surface area contributed by atoms with E-state index in [2.05, 4.69) is 11.4 Å². The van der Waals surface area contributed by atoms with E-state index >= 15 is 0 Å². The van der Waals surface area contributed by atoms with Gasteiger partial charge in [0.15, 0.2) is 0 Å². The van der Waals surface area contributed by atoms with Crippen LogP contribution in [0.15, 0.2) is 0 Å². The van der Waals surface area contributed by atoms with Crippen molar-refractivity contribution in [1.29, 1.82) is 5.26 Å². The summed E-state index contributed by atoms with van der Waals surface area (Å²) in [4.78, 5) is 10.5. The second-order valence-electron chi connectivity index (χ2n) is 3.17. The van der Waals surface area contributed by atoms with Crippen LogP contribution in [0.4, 0.5) is 0 Å². The average Bonchev–Trinajstić information content (AvgIpc) is 1.95. The second-order valence-corrected chi connectivity index (χ2v) is 3.17. The predicted octanol–water partition coefficient (Wildman–Crippen LogP) is 0.353. The molecule has 1 saturated carbocycles. The lowest BCUT2D eigenvalue weighted by Gasteiger charge is -2.40. The number of nitrogens with zero attached hydrogens (tertiary/aromatic N) is 1. The highest BCUT2D eigenvalue weighted by Gasteiger charge is 2.47. The Hall–Kier alpha value is -1.08. The van der Waals surface area contributed by atoms with Crippen LogP contribution in [0, 0.1) is 17.2 Å². The van der Waals surface area contributed by atoms with Crippen molar-refractivity contribution >= 4 is 5.97 Å². The van der Waals surface area contributed by atoms with Gasteiger partial charge in [0.2, 0.25) is 0 Å². The van der Waals surface area contributed by atoms with Gasteiger partial charge >= 0.3 is 5.97 Å². The van der Waals surface area contributed by atoms with Crippen LogP contribution in [0.3, 0.4) is 0 Å². The number of rotatable bonds is 3. The molecule has 12 heavy (non-hydrogen) atoms. The smallest absolute Gasteiger partial charge is 0.306 e. The maximum absolute atomic E-state index is 10.5. The van der Waals surface area contributed by atoms with Crippen LogP contribution in [0.5, 0.6) is 0 Å². The molecule has 0 aromatic rings. The highest BCUT2D eigenvalue weighted by Crippen LogP contribution is 2.37. The number of hydrogen-bond donors (Lipinski definition) is 2. The molecule has 0 unspecified atom stereocenters. The lowest BCUT2D eigenvalue weighted by Crippen LogP contribution is -2.56. The van der Waals surface area contributed by atoms with Gasteiger partial charge in [0.1, 0.15) is 5.54 Å². The van der Waals surface area contributed by atoms with Gasteiger partial charge in [0.05, 0.1) is 12.0 Å². The van der Waals surface area contributed by atoms with Crippen molar-refractivity contribution in [3.8, 4) is 6.07 Å². The maximum Gasteiger partial charge on any atom is 0.306 e.